The molecule has 0 saturated heterocycles. The van der Waals surface area contributed by atoms with Gasteiger partial charge in [0.1, 0.15) is 11.9 Å². The van der Waals surface area contributed by atoms with Gasteiger partial charge >= 0.3 is 0 Å². The molecule has 0 unspecified atom stereocenters. The molecule has 0 radical (unpaired) electrons. The van der Waals surface area contributed by atoms with Crippen molar-refractivity contribution in [2.24, 2.45) is 5.73 Å². The first-order valence-electron chi connectivity index (χ1n) is 3.24. The van der Waals surface area contributed by atoms with E-state index in [9.17, 15) is 4.39 Å². The zero-order valence-electron chi connectivity index (χ0n) is 6.09. The summed E-state index contributed by atoms with van der Waals surface area (Å²) in [7, 11) is 0. The third-order valence-electron chi connectivity index (χ3n) is 1.38. The summed E-state index contributed by atoms with van der Waals surface area (Å²) in [6, 6.07) is 5.24. The Morgan fingerprint density at radius 1 is 1.50 bits per heavy atom. The third kappa shape index (κ3) is 2.03. The Kier molecular flexibility index (Phi) is 2.79. The Hall–Kier alpha value is -0.920. The number of halogens is 2. The van der Waals surface area contributed by atoms with Gasteiger partial charge in [0.05, 0.1) is 6.07 Å². The van der Waals surface area contributed by atoms with Crippen molar-refractivity contribution in [1.82, 2.24) is 0 Å². The third-order valence-corrected chi connectivity index (χ3v) is 1.84. The summed E-state index contributed by atoms with van der Waals surface area (Å²) >= 11 is 3.11. The van der Waals surface area contributed by atoms with Crippen molar-refractivity contribution in [2.75, 3.05) is 0 Å². The molecule has 0 spiro atoms. The van der Waals surface area contributed by atoms with Crippen molar-refractivity contribution in [1.29, 1.82) is 5.26 Å². The Morgan fingerprint density at radius 3 is 2.67 bits per heavy atom. The minimum atomic E-state index is -0.767. The van der Waals surface area contributed by atoms with Gasteiger partial charge in [-0.25, -0.2) is 4.39 Å². The molecule has 2 N–H and O–H groups in total. The smallest absolute Gasteiger partial charge is 0.124 e. The van der Waals surface area contributed by atoms with Crippen LogP contribution in [0.2, 0.25) is 0 Å². The number of rotatable bonds is 1. The highest BCUT2D eigenvalue weighted by molar-refractivity contribution is 9.10. The van der Waals surface area contributed by atoms with Gasteiger partial charge in [-0.15, -0.1) is 0 Å². The van der Waals surface area contributed by atoms with Gasteiger partial charge in [-0.05, 0) is 23.8 Å². The molecule has 1 aromatic rings. The molecule has 0 aromatic heterocycles. The van der Waals surface area contributed by atoms with Gasteiger partial charge in [-0.2, -0.15) is 5.26 Å². The lowest BCUT2D eigenvalue weighted by atomic mass is 10.1. The van der Waals surface area contributed by atoms with Crippen molar-refractivity contribution >= 4 is 15.9 Å². The molecule has 0 heterocycles. The summed E-state index contributed by atoms with van der Waals surface area (Å²) in [5.74, 6) is -0.398. The molecule has 0 bridgehead atoms. The van der Waals surface area contributed by atoms with Gasteiger partial charge in [-0.3, -0.25) is 0 Å². The van der Waals surface area contributed by atoms with Crippen molar-refractivity contribution in [3.8, 4) is 6.07 Å². The molecule has 1 aromatic carbocycles. The molecule has 2 nitrogen and oxygen atoms in total. The fourth-order valence-electron chi connectivity index (χ4n) is 0.829. The Labute approximate surface area is 77.9 Å². The van der Waals surface area contributed by atoms with Crippen LogP contribution < -0.4 is 5.73 Å². The number of benzene rings is 1. The predicted octanol–water partition coefficient (Wildman–Crippen LogP) is 2.11. The average molecular weight is 229 g/mol. The lowest BCUT2D eigenvalue weighted by Gasteiger charge is -2.03. The van der Waals surface area contributed by atoms with Crippen molar-refractivity contribution in [3.63, 3.8) is 0 Å². The van der Waals surface area contributed by atoms with Crippen LogP contribution in [0.1, 0.15) is 11.6 Å². The van der Waals surface area contributed by atoms with Gasteiger partial charge in [-0.1, -0.05) is 15.9 Å². The quantitative estimate of drug-likeness (QED) is 0.801. The lowest BCUT2D eigenvalue weighted by Crippen LogP contribution is -2.07. The first-order valence-corrected chi connectivity index (χ1v) is 4.04. The van der Waals surface area contributed by atoms with Gasteiger partial charge in [0.15, 0.2) is 0 Å². The van der Waals surface area contributed by atoms with E-state index < -0.39 is 11.9 Å². The first kappa shape index (κ1) is 9.17. The Bertz CT molecular complexity index is 312. The van der Waals surface area contributed by atoms with Crippen LogP contribution in [-0.2, 0) is 0 Å². The summed E-state index contributed by atoms with van der Waals surface area (Å²) in [5.41, 5.74) is 5.86. The van der Waals surface area contributed by atoms with Crippen molar-refractivity contribution in [3.05, 3.63) is 34.1 Å². The van der Waals surface area contributed by atoms with Gasteiger partial charge in [0.2, 0.25) is 0 Å². The van der Waals surface area contributed by atoms with Gasteiger partial charge < -0.3 is 5.73 Å². The molecule has 0 fully saturated rings. The van der Waals surface area contributed by atoms with E-state index in [1.54, 1.807) is 6.07 Å². The monoisotopic (exact) mass is 228 g/mol. The Balaban J connectivity index is 3.10. The zero-order chi connectivity index (χ0) is 9.14. The predicted molar refractivity (Wildman–Crippen MR) is 46.6 cm³/mol. The zero-order valence-corrected chi connectivity index (χ0v) is 7.68. The minimum absolute atomic E-state index is 0.398. The maximum atomic E-state index is 12.7. The first-order chi connectivity index (χ1) is 5.63. The molecule has 62 valence electrons. The van der Waals surface area contributed by atoms with Crippen molar-refractivity contribution < 1.29 is 4.39 Å². The molecule has 1 atom stereocenters. The van der Waals surface area contributed by atoms with E-state index in [4.69, 9.17) is 11.0 Å². The summed E-state index contributed by atoms with van der Waals surface area (Å²) in [6.45, 7) is 0. The van der Waals surface area contributed by atoms with Crippen molar-refractivity contribution in [2.45, 2.75) is 6.04 Å². The Morgan fingerprint density at radius 2 is 2.17 bits per heavy atom. The van der Waals surface area contributed by atoms with Crippen LogP contribution in [0.4, 0.5) is 4.39 Å². The van der Waals surface area contributed by atoms with E-state index >= 15 is 0 Å². The largest absolute Gasteiger partial charge is 0.312 e. The number of hydrogen-bond donors (Lipinski definition) is 1. The second kappa shape index (κ2) is 3.65. The van der Waals surface area contributed by atoms with Crippen LogP contribution in [0.15, 0.2) is 22.7 Å². The second-order valence-electron chi connectivity index (χ2n) is 2.31. The number of nitrogens with zero attached hydrogens (tertiary/aromatic N) is 1. The summed E-state index contributed by atoms with van der Waals surface area (Å²) in [4.78, 5) is 0. The van der Waals surface area contributed by atoms with E-state index in [1.807, 2.05) is 6.07 Å². The fraction of sp³-hybridized carbons (Fsp3) is 0.125. The maximum absolute atomic E-state index is 12.7. The van der Waals surface area contributed by atoms with Crippen LogP contribution >= 0.6 is 15.9 Å². The number of hydrogen-bond acceptors (Lipinski definition) is 2. The standard InChI is InChI=1S/C8H6BrFN2/c9-6-1-5(8(12)4-11)2-7(10)3-6/h1-3,8H,12H2/t8-/m0/s1. The van der Waals surface area contributed by atoms with E-state index in [-0.39, 0.29) is 0 Å². The molecule has 0 aliphatic rings. The topological polar surface area (TPSA) is 49.8 Å². The molecule has 4 heteroatoms. The lowest BCUT2D eigenvalue weighted by molar-refractivity contribution is 0.623. The summed E-state index contributed by atoms with van der Waals surface area (Å²) in [5, 5.41) is 8.46. The van der Waals surface area contributed by atoms with E-state index in [0.29, 0.717) is 10.0 Å². The SMILES string of the molecule is N#C[C@H](N)c1cc(F)cc(Br)c1. The van der Waals surface area contributed by atoms with E-state index in [1.165, 1.54) is 12.1 Å². The average Bonchev–Trinajstić information content (AvgIpc) is 2.01. The summed E-state index contributed by atoms with van der Waals surface area (Å²) < 4.78 is 13.3. The molecule has 0 aliphatic heterocycles. The normalized spacial score (nSPS) is 12.2. The molecular formula is C8H6BrFN2. The van der Waals surface area contributed by atoms with Crippen LogP contribution in [0.3, 0.4) is 0 Å². The highest BCUT2D eigenvalue weighted by Crippen LogP contribution is 2.18. The van der Waals surface area contributed by atoms with Crippen LogP contribution in [0, 0.1) is 17.1 Å². The second-order valence-corrected chi connectivity index (χ2v) is 3.23. The molecule has 12 heavy (non-hydrogen) atoms. The minimum Gasteiger partial charge on any atom is -0.312 e. The number of nitrogens with two attached hydrogens (primary N) is 1. The number of nitriles is 1. The summed E-state index contributed by atoms with van der Waals surface area (Å²) in [6.07, 6.45) is 0. The highest BCUT2D eigenvalue weighted by atomic mass is 79.9. The van der Waals surface area contributed by atoms with E-state index in [2.05, 4.69) is 15.9 Å². The van der Waals surface area contributed by atoms with E-state index in [0.717, 1.165) is 0 Å². The molecular weight excluding hydrogens is 223 g/mol. The molecule has 1 rings (SSSR count). The van der Waals surface area contributed by atoms with Crippen LogP contribution in [0.5, 0.6) is 0 Å². The van der Waals surface area contributed by atoms with Crippen LogP contribution in [0.25, 0.3) is 0 Å². The fourth-order valence-corrected chi connectivity index (χ4v) is 1.31. The van der Waals surface area contributed by atoms with Gasteiger partial charge in [0, 0.05) is 4.47 Å². The maximum Gasteiger partial charge on any atom is 0.124 e. The molecule has 0 saturated carbocycles. The highest BCUT2D eigenvalue weighted by Gasteiger charge is 2.06. The van der Waals surface area contributed by atoms with Crippen LogP contribution in [-0.4, -0.2) is 0 Å². The molecule has 0 amide bonds. The molecule has 0 aliphatic carbocycles. The van der Waals surface area contributed by atoms with Gasteiger partial charge in [0.25, 0.3) is 0 Å².